The lowest BCUT2D eigenvalue weighted by Gasteiger charge is -2.13. The number of phenols is 2. The fraction of sp³-hybridized carbons (Fsp3) is 0.476. The van der Waals surface area contributed by atoms with Crippen molar-refractivity contribution in [1.29, 1.82) is 0 Å². The van der Waals surface area contributed by atoms with Crippen LogP contribution in [-0.2, 0) is 12.8 Å². The Labute approximate surface area is 150 Å². The predicted molar refractivity (Wildman–Crippen MR) is 101 cm³/mol. The Kier molecular flexibility index (Phi) is 8.26. The third-order valence-corrected chi connectivity index (χ3v) is 4.22. The van der Waals surface area contributed by atoms with E-state index >= 15 is 0 Å². The molecular weight excluding hydrogens is 316 g/mol. The van der Waals surface area contributed by atoms with Crippen LogP contribution in [0.5, 0.6) is 11.5 Å². The van der Waals surface area contributed by atoms with Crippen LogP contribution < -0.4 is 0 Å². The van der Waals surface area contributed by atoms with Gasteiger partial charge in [0.15, 0.2) is 0 Å². The van der Waals surface area contributed by atoms with Crippen molar-refractivity contribution >= 4 is 5.97 Å². The van der Waals surface area contributed by atoms with Gasteiger partial charge in [-0.2, -0.15) is 0 Å². The van der Waals surface area contributed by atoms with Crippen LogP contribution in [0.25, 0.3) is 0 Å². The van der Waals surface area contributed by atoms with Gasteiger partial charge in [0, 0.05) is 5.56 Å². The van der Waals surface area contributed by atoms with Gasteiger partial charge >= 0.3 is 5.97 Å². The summed E-state index contributed by atoms with van der Waals surface area (Å²) >= 11 is 0. The molecule has 0 aliphatic carbocycles. The van der Waals surface area contributed by atoms with Gasteiger partial charge in [0.2, 0.25) is 0 Å². The molecule has 1 rings (SSSR count). The summed E-state index contributed by atoms with van der Waals surface area (Å²) in [4.78, 5) is 11.5. The molecule has 0 saturated heterocycles. The first-order chi connectivity index (χ1) is 11.8. The number of carboxylic acids is 1. The molecule has 0 aliphatic rings. The van der Waals surface area contributed by atoms with Crippen LogP contribution in [0.1, 0.15) is 74.9 Å². The van der Waals surface area contributed by atoms with Crippen LogP contribution >= 0.6 is 0 Å². The number of allylic oxidation sites excluding steroid dienone is 4. The topological polar surface area (TPSA) is 77.8 Å². The molecule has 0 saturated carbocycles. The zero-order valence-electron chi connectivity index (χ0n) is 15.7. The van der Waals surface area contributed by atoms with E-state index in [0.717, 1.165) is 31.3 Å². The normalized spacial score (nSPS) is 11.4. The number of aromatic hydroxyl groups is 2. The van der Waals surface area contributed by atoms with Crippen molar-refractivity contribution in [3.63, 3.8) is 0 Å². The summed E-state index contributed by atoms with van der Waals surface area (Å²) < 4.78 is 0. The molecule has 4 heteroatoms. The predicted octanol–water partition coefficient (Wildman–Crippen LogP) is 5.37. The second-order valence-electron chi connectivity index (χ2n) is 6.74. The molecule has 138 valence electrons. The molecule has 25 heavy (non-hydrogen) atoms. The summed E-state index contributed by atoms with van der Waals surface area (Å²) in [6.07, 6.45) is 8.50. The lowest BCUT2D eigenvalue weighted by Crippen LogP contribution is -2.05. The van der Waals surface area contributed by atoms with E-state index in [0.29, 0.717) is 18.4 Å². The first-order valence-electron chi connectivity index (χ1n) is 8.86. The van der Waals surface area contributed by atoms with Gasteiger partial charge in [-0.25, -0.2) is 4.79 Å². The lowest BCUT2D eigenvalue weighted by molar-refractivity contribution is 0.0692. The van der Waals surface area contributed by atoms with E-state index in [1.165, 1.54) is 11.6 Å². The number of unbranched alkanes of at least 4 members (excludes halogenated alkanes) is 1. The fourth-order valence-electron chi connectivity index (χ4n) is 2.72. The zero-order chi connectivity index (χ0) is 19.0. The summed E-state index contributed by atoms with van der Waals surface area (Å²) in [6.45, 7) is 8.13. The van der Waals surface area contributed by atoms with Crippen molar-refractivity contribution in [1.82, 2.24) is 0 Å². The van der Waals surface area contributed by atoms with Crippen molar-refractivity contribution in [3.05, 3.63) is 46.1 Å². The smallest absolute Gasteiger partial charge is 0.339 e. The molecule has 0 aromatic heterocycles. The Bertz CT molecular complexity index is 665. The van der Waals surface area contributed by atoms with Gasteiger partial charge in [-0.3, -0.25) is 0 Å². The van der Waals surface area contributed by atoms with E-state index < -0.39 is 5.97 Å². The summed E-state index contributed by atoms with van der Waals surface area (Å²) in [6, 6.07) is 1.49. The van der Waals surface area contributed by atoms with Crippen LogP contribution in [0.15, 0.2) is 29.4 Å². The minimum atomic E-state index is -1.16. The van der Waals surface area contributed by atoms with Crippen molar-refractivity contribution < 1.29 is 20.1 Å². The second kappa shape index (κ2) is 9.92. The van der Waals surface area contributed by atoms with Gasteiger partial charge in [0.05, 0.1) is 0 Å². The Morgan fingerprint density at radius 2 is 1.84 bits per heavy atom. The van der Waals surface area contributed by atoms with Crippen molar-refractivity contribution in [3.8, 4) is 11.5 Å². The van der Waals surface area contributed by atoms with Gasteiger partial charge in [-0.15, -0.1) is 0 Å². The molecule has 1 aromatic rings. The third-order valence-electron chi connectivity index (χ3n) is 4.22. The highest BCUT2D eigenvalue weighted by Crippen LogP contribution is 2.35. The Balaban J connectivity index is 3.05. The SMILES string of the molecule is CCCCc1cc(O)c(C/C=C(\C)CCC=C(C)C)c(O)c1C(=O)O. The van der Waals surface area contributed by atoms with Gasteiger partial charge in [0.1, 0.15) is 17.1 Å². The standard InChI is InChI=1S/C21H30O4/c1-5-6-10-16-13-18(22)17(20(23)19(16)21(24)25)12-11-15(4)9-7-8-14(2)3/h8,11,13,22-23H,5-7,9-10,12H2,1-4H3,(H,24,25)/b15-11+. The quantitative estimate of drug-likeness (QED) is 0.525. The zero-order valence-corrected chi connectivity index (χ0v) is 15.7. The van der Waals surface area contributed by atoms with Crippen molar-refractivity contribution in [2.75, 3.05) is 0 Å². The van der Waals surface area contributed by atoms with Crippen LogP contribution in [0.2, 0.25) is 0 Å². The van der Waals surface area contributed by atoms with E-state index in [-0.39, 0.29) is 22.6 Å². The molecule has 0 unspecified atom stereocenters. The van der Waals surface area contributed by atoms with E-state index in [9.17, 15) is 20.1 Å². The third kappa shape index (κ3) is 6.29. The monoisotopic (exact) mass is 346 g/mol. The van der Waals surface area contributed by atoms with Crippen LogP contribution in [0, 0.1) is 0 Å². The van der Waals surface area contributed by atoms with E-state index in [1.807, 2.05) is 19.9 Å². The highest BCUT2D eigenvalue weighted by molar-refractivity contribution is 5.93. The number of aromatic carboxylic acids is 1. The lowest BCUT2D eigenvalue weighted by atomic mass is 9.95. The Hall–Kier alpha value is -2.23. The minimum Gasteiger partial charge on any atom is -0.508 e. The molecule has 0 atom stereocenters. The maximum Gasteiger partial charge on any atom is 0.339 e. The number of hydrogen-bond donors (Lipinski definition) is 3. The van der Waals surface area contributed by atoms with Crippen LogP contribution in [-0.4, -0.2) is 21.3 Å². The molecule has 0 bridgehead atoms. The Morgan fingerprint density at radius 1 is 1.16 bits per heavy atom. The number of carbonyl (C=O) groups is 1. The largest absolute Gasteiger partial charge is 0.508 e. The molecule has 1 aromatic carbocycles. The van der Waals surface area contributed by atoms with Gasteiger partial charge in [-0.05, 0) is 64.5 Å². The summed E-state index contributed by atoms with van der Waals surface area (Å²) in [5.74, 6) is -1.51. The molecule has 0 fully saturated rings. The molecule has 0 aliphatic heterocycles. The highest BCUT2D eigenvalue weighted by atomic mass is 16.4. The van der Waals surface area contributed by atoms with Gasteiger partial charge in [-0.1, -0.05) is 36.6 Å². The van der Waals surface area contributed by atoms with Gasteiger partial charge in [0.25, 0.3) is 0 Å². The number of carboxylic acid groups (broad SMARTS) is 1. The first kappa shape index (κ1) is 20.8. The average Bonchev–Trinajstić information content (AvgIpc) is 2.51. The number of phenolic OH excluding ortho intramolecular Hbond substituents is 1. The van der Waals surface area contributed by atoms with Crippen LogP contribution in [0.4, 0.5) is 0 Å². The Morgan fingerprint density at radius 3 is 2.40 bits per heavy atom. The fourth-order valence-corrected chi connectivity index (χ4v) is 2.72. The number of benzene rings is 1. The number of hydrogen-bond acceptors (Lipinski definition) is 3. The molecule has 4 nitrogen and oxygen atoms in total. The molecule has 0 spiro atoms. The van der Waals surface area contributed by atoms with Crippen molar-refractivity contribution in [2.24, 2.45) is 0 Å². The summed E-state index contributed by atoms with van der Waals surface area (Å²) in [5.41, 5.74) is 3.09. The summed E-state index contributed by atoms with van der Waals surface area (Å²) in [5, 5.41) is 30.1. The average molecular weight is 346 g/mol. The maximum atomic E-state index is 11.5. The molecule has 0 radical (unpaired) electrons. The second-order valence-corrected chi connectivity index (χ2v) is 6.74. The molecular formula is C21H30O4. The minimum absolute atomic E-state index is 0.0399. The van der Waals surface area contributed by atoms with Crippen LogP contribution in [0.3, 0.4) is 0 Å². The number of aryl methyl sites for hydroxylation is 1. The van der Waals surface area contributed by atoms with E-state index in [2.05, 4.69) is 19.9 Å². The van der Waals surface area contributed by atoms with Crippen molar-refractivity contribution in [2.45, 2.75) is 66.2 Å². The van der Waals surface area contributed by atoms with E-state index in [1.54, 1.807) is 0 Å². The maximum absolute atomic E-state index is 11.5. The molecule has 0 heterocycles. The summed E-state index contributed by atoms with van der Waals surface area (Å²) in [7, 11) is 0. The van der Waals surface area contributed by atoms with E-state index in [4.69, 9.17) is 0 Å². The first-order valence-corrected chi connectivity index (χ1v) is 8.86. The number of rotatable bonds is 9. The molecule has 3 N–H and O–H groups in total. The highest BCUT2D eigenvalue weighted by Gasteiger charge is 2.21. The van der Waals surface area contributed by atoms with Gasteiger partial charge < -0.3 is 15.3 Å². The molecule has 0 amide bonds.